The molecular weight excluding hydrogens is 1690 g/mol. The number of nitrogens with two attached hydrogens (primary N) is 5. The molecule has 0 bridgehead atoms. The van der Waals surface area contributed by atoms with Gasteiger partial charge in [-0.25, -0.2) is 35.4 Å². The lowest BCUT2D eigenvalue weighted by molar-refractivity contribution is -0.142. The molecule has 0 aliphatic heterocycles. The number of carbonyl (C=O) groups excluding carboxylic acids is 10. The number of benzene rings is 4. The fourth-order valence-corrected chi connectivity index (χ4v) is 13.8. The second-order valence-corrected chi connectivity index (χ2v) is 32.2. The maximum Gasteiger partial charge on any atom is 0.304 e. The summed E-state index contributed by atoms with van der Waals surface area (Å²) in [5.74, 6) is -14.1. The van der Waals surface area contributed by atoms with Crippen LogP contribution in [0.1, 0.15) is 186 Å². The molecule has 2 aliphatic rings. The minimum Gasteiger partial charge on any atom is -0.480 e. The maximum absolute atomic E-state index is 13.7. The molecule has 15 N–H and O–H groups in total. The van der Waals surface area contributed by atoms with E-state index in [-0.39, 0.29) is 65.5 Å². The average Bonchev–Trinajstić information content (AvgIpc) is 1.02. The van der Waals surface area contributed by atoms with Gasteiger partial charge in [0.15, 0.2) is 67.7 Å². The lowest BCUT2D eigenvalue weighted by Crippen LogP contribution is -2.47. The van der Waals surface area contributed by atoms with E-state index < -0.39 is 146 Å². The molecule has 2 aromatic heterocycles. The van der Waals surface area contributed by atoms with Crippen molar-refractivity contribution in [2.24, 2.45) is 40.5 Å². The van der Waals surface area contributed by atoms with E-state index in [4.69, 9.17) is 38.1 Å². The fourth-order valence-electron chi connectivity index (χ4n) is 12.7. The zero-order chi connectivity index (χ0) is 90.2. The SMILES string of the molecule is CC(F)(F)C(=O)C(CCCCN)NC(=O)c1ccccc1.CS(=O)(=O)CC(=O)C(CCCCN)NC(=O)C1CCCC1.NCCCCC(NC(=O)C1CCCC1)C(=O)Cn1ccccc1=O.NCCCCC(NC(=O)c1ccc(F)cc1)C(=O)COc1c(F)cccc1F.NCCCCC(NC(=O)c1cccnc1Br)C(=O)COc1c(F)cccc1F. The molecule has 5 atom stereocenters. The first kappa shape index (κ1) is 104. The monoisotopic (exact) mass is 1800 g/mol. The molecule has 2 fully saturated rings. The van der Waals surface area contributed by atoms with Crippen molar-refractivity contribution in [2.75, 3.05) is 57.9 Å². The lowest BCUT2D eigenvalue weighted by Gasteiger charge is -2.20. The number of unbranched alkanes of at least 4 members (excludes halogenated alkanes) is 5. The summed E-state index contributed by atoms with van der Waals surface area (Å²) in [6, 6.07) is 23.1. The van der Waals surface area contributed by atoms with Crippen LogP contribution in [0.4, 0.5) is 30.7 Å². The summed E-state index contributed by atoms with van der Waals surface area (Å²) in [4.78, 5) is 138. The number of rotatable bonds is 46. The second-order valence-electron chi connectivity index (χ2n) is 29.3. The van der Waals surface area contributed by atoms with Crippen LogP contribution in [0.2, 0.25) is 0 Å². The molecule has 8 rings (SSSR count). The van der Waals surface area contributed by atoms with Crippen molar-refractivity contribution in [1.29, 1.82) is 0 Å². The molecule has 2 heterocycles. The van der Waals surface area contributed by atoms with Crippen LogP contribution in [-0.2, 0) is 49.9 Å². The second kappa shape index (κ2) is 56.6. The molecule has 5 unspecified atom stereocenters. The summed E-state index contributed by atoms with van der Waals surface area (Å²) in [5, 5.41) is 13.2. The van der Waals surface area contributed by atoms with Gasteiger partial charge in [0.05, 0.1) is 42.3 Å². The summed E-state index contributed by atoms with van der Waals surface area (Å²) >= 11 is 3.18. The van der Waals surface area contributed by atoms with Gasteiger partial charge in [-0.2, -0.15) is 8.78 Å². The number of Topliss-reactive ketones (excluding diaryl/α,β-unsaturated/α-hetero) is 5. The zero-order valence-electron chi connectivity index (χ0n) is 68.7. The molecule has 122 heavy (non-hydrogen) atoms. The quantitative estimate of drug-likeness (QED) is 0.00965. The number of para-hydroxylation sites is 2. The highest BCUT2D eigenvalue weighted by atomic mass is 79.9. The van der Waals surface area contributed by atoms with Crippen LogP contribution in [0.25, 0.3) is 0 Å². The van der Waals surface area contributed by atoms with E-state index in [0.29, 0.717) is 114 Å². The number of nitrogens with one attached hydrogen (secondary N) is 5. The van der Waals surface area contributed by atoms with Gasteiger partial charge in [-0.1, -0.05) is 62.1 Å². The molecule has 6 aromatic rings. The van der Waals surface area contributed by atoms with Crippen molar-refractivity contribution in [3.8, 4) is 11.5 Å². The summed E-state index contributed by atoms with van der Waals surface area (Å²) in [6.45, 7) is 1.69. The van der Waals surface area contributed by atoms with Crippen molar-refractivity contribution in [3.63, 3.8) is 0 Å². The van der Waals surface area contributed by atoms with Crippen molar-refractivity contribution in [2.45, 2.75) is 197 Å². The number of halogens is 8. The Bertz CT molecular complexity index is 4430. The van der Waals surface area contributed by atoms with Crippen LogP contribution in [0.3, 0.4) is 0 Å². The number of ketones is 5. The number of sulfone groups is 1. The third-order valence-corrected chi connectivity index (χ3v) is 20.8. The topological polar surface area (TPSA) is 448 Å². The Morgan fingerprint density at radius 1 is 0.475 bits per heavy atom. The predicted octanol–water partition coefficient (Wildman–Crippen LogP) is 9.74. The van der Waals surface area contributed by atoms with E-state index in [9.17, 15) is 91.9 Å². The molecule has 2 aliphatic carbocycles. The highest BCUT2D eigenvalue weighted by Gasteiger charge is 2.39. The number of alkyl halides is 2. The Kier molecular flexibility index (Phi) is 48.5. The Morgan fingerprint density at radius 3 is 1.25 bits per heavy atom. The van der Waals surface area contributed by atoms with Crippen LogP contribution in [0.15, 0.2) is 143 Å². The van der Waals surface area contributed by atoms with Gasteiger partial charge in [0, 0.05) is 54.6 Å². The minimum absolute atomic E-state index is 0.0160. The first-order valence-corrected chi connectivity index (χ1v) is 43.5. The van der Waals surface area contributed by atoms with Gasteiger partial charge in [-0.15, -0.1) is 0 Å². The highest BCUT2D eigenvalue weighted by Crippen LogP contribution is 2.28. The van der Waals surface area contributed by atoms with Gasteiger partial charge in [0.25, 0.3) is 23.3 Å². The number of amides is 5. The summed E-state index contributed by atoms with van der Waals surface area (Å²) in [5.41, 5.74) is 27.8. The fraction of sp³-hybridized carbons (Fsp3) is 0.488. The molecular formula is C86H114BrF7N12O15S. The third kappa shape index (κ3) is 39.5. The molecule has 0 spiro atoms. The number of pyridine rings is 2. The van der Waals surface area contributed by atoms with Crippen LogP contribution < -0.4 is 70.3 Å². The van der Waals surface area contributed by atoms with Gasteiger partial charge in [0.2, 0.25) is 17.6 Å². The molecule has 4 aromatic carbocycles. The van der Waals surface area contributed by atoms with Gasteiger partial charge >= 0.3 is 5.92 Å². The van der Waals surface area contributed by atoms with Crippen LogP contribution >= 0.6 is 15.9 Å². The van der Waals surface area contributed by atoms with Crippen LogP contribution in [0.5, 0.6) is 11.5 Å². The molecule has 2 saturated carbocycles. The Labute approximate surface area is 714 Å². The Hall–Kier alpha value is -9.98. The normalized spacial score (nSPS) is 13.8. The molecule has 27 nitrogen and oxygen atoms in total. The number of carbonyl (C=O) groups is 10. The lowest BCUT2D eigenvalue weighted by atomic mass is 10.0. The highest BCUT2D eigenvalue weighted by molar-refractivity contribution is 9.10. The number of hydrogen-bond donors (Lipinski definition) is 10. The third-order valence-electron chi connectivity index (χ3n) is 19.4. The minimum atomic E-state index is -3.47. The first-order valence-electron chi connectivity index (χ1n) is 40.6. The van der Waals surface area contributed by atoms with E-state index in [1.54, 1.807) is 60.8 Å². The summed E-state index contributed by atoms with van der Waals surface area (Å²) in [6.07, 6.45) is 20.2. The van der Waals surface area contributed by atoms with E-state index in [0.717, 1.165) is 113 Å². The summed E-state index contributed by atoms with van der Waals surface area (Å²) < 4.78 is 128. The number of hydrogen-bond acceptors (Lipinski definition) is 21. The van der Waals surface area contributed by atoms with Gasteiger partial charge in [0.1, 0.15) is 29.4 Å². The van der Waals surface area contributed by atoms with Gasteiger partial charge in [-0.3, -0.25) is 52.7 Å². The largest absolute Gasteiger partial charge is 0.480 e. The first-order chi connectivity index (χ1) is 58.2. The number of aromatic nitrogens is 2. The number of nitrogens with zero attached hydrogens (tertiary/aromatic N) is 2. The Balaban J connectivity index is 0.000000322. The summed E-state index contributed by atoms with van der Waals surface area (Å²) in [7, 11) is -3.38. The van der Waals surface area contributed by atoms with Gasteiger partial charge in [-0.05, 0) is 250 Å². The van der Waals surface area contributed by atoms with Crippen LogP contribution in [0, 0.1) is 40.9 Å². The molecule has 0 radical (unpaired) electrons. The smallest absolute Gasteiger partial charge is 0.304 e. The van der Waals surface area contributed by atoms with Crippen molar-refractivity contribution in [3.05, 3.63) is 194 Å². The van der Waals surface area contributed by atoms with Crippen molar-refractivity contribution < 1.29 is 96.6 Å². The average molecular weight is 1800 g/mol. The van der Waals surface area contributed by atoms with Crippen molar-refractivity contribution in [1.82, 2.24) is 36.1 Å². The zero-order valence-corrected chi connectivity index (χ0v) is 71.1. The number of ether oxygens (including phenoxy) is 2. The van der Waals surface area contributed by atoms with E-state index in [1.165, 1.54) is 41.1 Å². The van der Waals surface area contributed by atoms with Crippen molar-refractivity contribution >= 4 is 84.2 Å². The van der Waals surface area contributed by atoms with Crippen LogP contribution in [-0.4, -0.2) is 170 Å². The standard InChI is InChI=1S/C20H21F3N2O3.C19H20BrF2N3O3.C18H27N3O3.C15H20F2N2O2.C14H26N2O4S/c21-14-9-7-13(8-10-14)20(27)25-17(6-1-2-11-24)18(26)12-28-19-15(22)4-3-5-16(19)23;20-18-12(5-4-10-24-18)19(27)25-15(8-1-2-9-23)16(26)11-28-17-13(21)6-3-7-14(17)22;19-11-5-3-9-15(20-18(24)14-7-1-2-8-14)16(22)13-21-12-6-4-10-17(21)23;1-15(16,17)13(20)12(9-5-6-10-18)19-14(21)11-7-3-2-4-8-11;1-21(19,20)10-13(17)12(8-4-5-9-15)16-14(18)11-6-2-3-7-11/h3-5,7-10,17H,1-2,6,11-12,24H2,(H,25,27);3-7,10,15H,1-2,8-9,11,23H2,(H,25,27);4,6,10,12,14-15H,1-3,5,7-9,11,13,19H2,(H,20,24);2-4,7-8,12H,5-6,9-10,18H2,1H3,(H,19,21);11-12H,2-10,15H2,1H3,(H,16,18). The molecule has 36 heteroatoms. The van der Waals surface area contributed by atoms with E-state index >= 15 is 0 Å². The molecule has 670 valence electrons. The Morgan fingerprint density at radius 2 is 0.852 bits per heavy atom. The predicted molar refractivity (Wildman–Crippen MR) is 451 cm³/mol. The van der Waals surface area contributed by atoms with Gasteiger partial charge < -0.3 is 69.3 Å². The van der Waals surface area contributed by atoms with E-state index in [1.807, 2.05) is 0 Å². The van der Waals surface area contributed by atoms with E-state index in [2.05, 4.69) is 47.5 Å². The maximum atomic E-state index is 13.7. The molecule has 5 amide bonds. The molecule has 0 saturated heterocycles.